The van der Waals surface area contributed by atoms with Gasteiger partial charge in [0.2, 0.25) is 0 Å². The number of rotatable bonds is 6. The minimum atomic E-state index is -0.312. The van der Waals surface area contributed by atoms with Gasteiger partial charge in [0.25, 0.3) is 5.91 Å². The number of nitrogens with one attached hydrogen (secondary N) is 3. The van der Waals surface area contributed by atoms with Crippen LogP contribution in [0.3, 0.4) is 0 Å². The first kappa shape index (κ1) is 17.5. The molecule has 1 heterocycles. The normalized spacial score (nSPS) is 14.7. The fourth-order valence-corrected chi connectivity index (χ4v) is 2.72. The van der Waals surface area contributed by atoms with Crippen molar-refractivity contribution in [2.45, 2.75) is 12.5 Å². The summed E-state index contributed by atoms with van der Waals surface area (Å²) < 4.78 is 5.79. The van der Waals surface area contributed by atoms with Gasteiger partial charge in [-0.3, -0.25) is 4.79 Å². The standard InChI is InChI=1S/C20H21N3O3/c1-2-11-21-19(24)14-7-9-16(10-8-14)23-20(25)22-13-17-12-15-5-3-4-6-18(15)26-17/h2-10,17H,1,11-13H2,(H,21,24)(H2,22,23,25). The zero-order valence-corrected chi connectivity index (χ0v) is 14.3. The summed E-state index contributed by atoms with van der Waals surface area (Å²) in [5.41, 5.74) is 2.29. The lowest BCUT2D eigenvalue weighted by Crippen LogP contribution is -2.37. The van der Waals surface area contributed by atoms with Crippen molar-refractivity contribution in [3.8, 4) is 5.75 Å². The van der Waals surface area contributed by atoms with E-state index in [1.807, 2.05) is 24.3 Å². The molecule has 0 saturated heterocycles. The predicted octanol–water partition coefficient (Wildman–Crippen LogP) is 2.73. The Morgan fingerprint density at radius 1 is 1.12 bits per heavy atom. The van der Waals surface area contributed by atoms with Crippen molar-refractivity contribution in [3.05, 3.63) is 72.3 Å². The van der Waals surface area contributed by atoms with E-state index < -0.39 is 0 Å². The topological polar surface area (TPSA) is 79.5 Å². The summed E-state index contributed by atoms with van der Waals surface area (Å²) in [6.07, 6.45) is 2.34. The molecule has 1 aliphatic heterocycles. The van der Waals surface area contributed by atoms with Gasteiger partial charge in [-0.15, -0.1) is 6.58 Å². The maximum Gasteiger partial charge on any atom is 0.319 e. The number of carbonyl (C=O) groups is 2. The predicted molar refractivity (Wildman–Crippen MR) is 101 cm³/mol. The second kappa shape index (κ2) is 8.20. The molecule has 6 heteroatoms. The van der Waals surface area contributed by atoms with Crippen LogP contribution in [0.15, 0.2) is 61.2 Å². The summed E-state index contributed by atoms with van der Waals surface area (Å²) in [5, 5.41) is 8.25. The van der Waals surface area contributed by atoms with Gasteiger partial charge in [-0.25, -0.2) is 4.79 Å². The second-order valence-corrected chi connectivity index (χ2v) is 5.96. The van der Waals surface area contributed by atoms with E-state index in [0.717, 1.165) is 17.7 Å². The molecule has 1 atom stereocenters. The first-order valence-corrected chi connectivity index (χ1v) is 8.44. The van der Waals surface area contributed by atoms with Crippen molar-refractivity contribution in [1.29, 1.82) is 0 Å². The van der Waals surface area contributed by atoms with Crippen molar-refractivity contribution in [3.63, 3.8) is 0 Å². The first-order valence-electron chi connectivity index (χ1n) is 8.44. The molecule has 0 aliphatic carbocycles. The Balaban J connectivity index is 1.45. The highest BCUT2D eigenvalue weighted by Crippen LogP contribution is 2.27. The number of hydrogen-bond acceptors (Lipinski definition) is 3. The van der Waals surface area contributed by atoms with Gasteiger partial charge in [0, 0.05) is 24.2 Å². The molecule has 134 valence electrons. The van der Waals surface area contributed by atoms with Crippen LogP contribution in [0.2, 0.25) is 0 Å². The van der Waals surface area contributed by atoms with E-state index in [0.29, 0.717) is 24.3 Å². The van der Waals surface area contributed by atoms with Crippen LogP contribution >= 0.6 is 0 Å². The molecule has 2 aromatic rings. The summed E-state index contributed by atoms with van der Waals surface area (Å²) in [7, 11) is 0. The van der Waals surface area contributed by atoms with E-state index in [9.17, 15) is 9.59 Å². The van der Waals surface area contributed by atoms with Gasteiger partial charge in [0.1, 0.15) is 11.9 Å². The zero-order valence-electron chi connectivity index (χ0n) is 14.3. The molecule has 3 amide bonds. The first-order chi connectivity index (χ1) is 12.7. The van der Waals surface area contributed by atoms with Crippen LogP contribution < -0.4 is 20.7 Å². The number of ether oxygens (including phenoxy) is 1. The van der Waals surface area contributed by atoms with Crippen molar-refractivity contribution in [2.75, 3.05) is 18.4 Å². The van der Waals surface area contributed by atoms with Crippen molar-refractivity contribution in [2.24, 2.45) is 0 Å². The van der Waals surface area contributed by atoms with E-state index in [2.05, 4.69) is 22.5 Å². The summed E-state index contributed by atoms with van der Waals surface area (Å²) in [4.78, 5) is 23.8. The lowest BCUT2D eigenvalue weighted by atomic mass is 10.1. The quantitative estimate of drug-likeness (QED) is 0.700. The number of anilines is 1. The summed E-state index contributed by atoms with van der Waals surface area (Å²) in [6, 6.07) is 14.2. The molecule has 3 rings (SSSR count). The second-order valence-electron chi connectivity index (χ2n) is 5.96. The Morgan fingerprint density at radius 2 is 1.88 bits per heavy atom. The maximum atomic E-state index is 12.0. The fourth-order valence-electron chi connectivity index (χ4n) is 2.72. The molecular formula is C20H21N3O3. The highest BCUT2D eigenvalue weighted by Gasteiger charge is 2.22. The molecule has 0 spiro atoms. The van der Waals surface area contributed by atoms with Crippen LogP contribution in [0.25, 0.3) is 0 Å². The van der Waals surface area contributed by atoms with E-state index in [1.165, 1.54) is 0 Å². The van der Waals surface area contributed by atoms with E-state index in [1.54, 1.807) is 30.3 Å². The number of fused-ring (bicyclic) bond motifs is 1. The van der Waals surface area contributed by atoms with Gasteiger partial charge < -0.3 is 20.7 Å². The lowest BCUT2D eigenvalue weighted by Gasteiger charge is -2.13. The van der Waals surface area contributed by atoms with Crippen LogP contribution in [0.4, 0.5) is 10.5 Å². The van der Waals surface area contributed by atoms with Gasteiger partial charge >= 0.3 is 6.03 Å². The molecule has 3 N–H and O–H groups in total. The zero-order chi connectivity index (χ0) is 18.4. The number of hydrogen-bond donors (Lipinski definition) is 3. The summed E-state index contributed by atoms with van der Waals surface area (Å²) in [5.74, 6) is 0.698. The Labute approximate surface area is 152 Å². The Hall–Kier alpha value is -3.28. The molecule has 0 fully saturated rings. The van der Waals surface area contributed by atoms with E-state index in [-0.39, 0.29) is 18.0 Å². The molecule has 0 saturated carbocycles. The number of para-hydroxylation sites is 1. The van der Waals surface area contributed by atoms with E-state index in [4.69, 9.17) is 4.74 Å². The van der Waals surface area contributed by atoms with Crippen LogP contribution in [-0.4, -0.2) is 31.1 Å². The van der Waals surface area contributed by atoms with Crippen LogP contribution in [0, 0.1) is 0 Å². The minimum absolute atomic E-state index is 0.0610. The van der Waals surface area contributed by atoms with E-state index >= 15 is 0 Å². The van der Waals surface area contributed by atoms with Crippen LogP contribution in [0.5, 0.6) is 5.75 Å². The average Bonchev–Trinajstić information content (AvgIpc) is 3.08. The van der Waals surface area contributed by atoms with Gasteiger partial charge in [-0.2, -0.15) is 0 Å². The molecule has 26 heavy (non-hydrogen) atoms. The smallest absolute Gasteiger partial charge is 0.319 e. The molecule has 0 radical (unpaired) electrons. The van der Waals surface area contributed by atoms with Gasteiger partial charge in [0.15, 0.2) is 0 Å². The average molecular weight is 351 g/mol. The van der Waals surface area contributed by atoms with Gasteiger partial charge in [0.05, 0.1) is 6.54 Å². The number of benzene rings is 2. The molecule has 1 aliphatic rings. The molecule has 0 bridgehead atoms. The third-order valence-electron chi connectivity index (χ3n) is 4.02. The molecule has 2 aromatic carbocycles. The number of urea groups is 1. The van der Waals surface area contributed by atoms with Crippen molar-refractivity contribution < 1.29 is 14.3 Å². The lowest BCUT2D eigenvalue weighted by molar-refractivity contribution is 0.0958. The molecule has 0 aromatic heterocycles. The monoisotopic (exact) mass is 351 g/mol. The third kappa shape index (κ3) is 4.42. The van der Waals surface area contributed by atoms with Crippen molar-refractivity contribution in [1.82, 2.24) is 10.6 Å². The fraction of sp³-hybridized carbons (Fsp3) is 0.200. The molecular weight excluding hydrogens is 330 g/mol. The van der Waals surface area contributed by atoms with Crippen LogP contribution in [-0.2, 0) is 6.42 Å². The highest BCUT2D eigenvalue weighted by molar-refractivity contribution is 5.95. The summed E-state index contributed by atoms with van der Waals surface area (Å²) >= 11 is 0. The largest absolute Gasteiger partial charge is 0.488 e. The highest BCUT2D eigenvalue weighted by atomic mass is 16.5. The maximum absolute atomic E-state index is 12.0. The number of carbonyl (C=O) groups excluding carboxylic acids is 2. The minimum Gasteiger partial charge on any atom is -0.488 e. The molecule has 6 nitrogen and oxygen atoms in total. The van der Waals surface area contributed by atoms with Gasteiger partial charge in [-0.1, -0.05) is 24.3 Å². The summed E-state index contributed by atoms with van der Waals surface area (Å²) in [6.45, 7) is 4.38. The van der Waals surface area contributed by atoms with Gasteiger partial charge in [-0.05, 0) is 35.9 Å². The SMILES string of the molecule is C=CCNC(=O)c1ccc(NC(=O)NCC2Cc3ccccc3O2)cc1. The third-order valence-corrected chi connectivity index (χ3v) is 4.02. The Morgan fingerprint density at radius 3 is 2.62 bits per heavy atom. The van der Waals surface area contributed by atoms with Crippen LogP contribution in [0.1, 0.15) is 15.9 Å². The van der Waals surface area contributed by atoms with Crippen molar-refractivity contribution >= 4 is 17.6 Å². The molecule has 1 unspecified atom stereocenters. The number of amides is 3. The Bertz CT molecular complexity index is 777. The Kier molecular flexibility index (Phi) is 5.53.